The van der Waals surface area contributed by atoms with E-state index in [1.807, 2.05) is 31.2 Å². The van der Waals surface area contributed by atoms with Gasteiger partial charge >= 0.3 is 0 Å². The molecule has 0 N–H and O–H groups in total. The van der Waals surface area contributed by atoms with Crippen LogP contribution >= 0.6 is 0 Å². The molecule has 2 aliphatic rings. The highest BCUT2D eigenvalue weighted by atomic mass is 16.5. The number of benzene rings is 2. The summed E-state index contributed by atoms with van der Waals surface area (Å²) >= 11 is 0. The van der Waals surface area contributed by atoms with Crippen LogP contribution in [0.3, 0.4) is 0 Å². The molecule has 2 atom stereocenters. The van der Waals surface area contributed by atoms with E-state index in [-0.39, 0.29) is 11.8 Å². The summed E-state index contributed by atoms with van der Waals surface area (Å²) in [4.78, 5) is 30.6. The van der Waals surface area contributed by atoms with Crippen molar-refractivity contribution in [2.45, 2.75) is 27.2 Å². The number of ether oxygens (including phenoxy) is 1. The summed E-state index contributed by atoms with van der Waals surface area (Å²) in [6.45, 7) is 8.31. The molecule has 2 aromatic carbocycles. The van der Waals surface area contributed by atoms with Crippen LogP contribution in [-0.2, 0) is 9.59 Å². The third kappa shape index (κ3) is 3.99. The predicted molar refractivity (Wildman–Crippen MR) is 123 cm³/mol. The Morgan fingerprint density at radius 1 is 0.969 bits per heavy atom. The summed E-state index contributed by atoms with van der Waals surface area (Å²) in [5.74, 6) is 0.924. The zero-order chi connectivity index (χ0) is 22.8. The Kier molecular flexibility index (Phi) is 6.00. The molecule has 2 heterocycles. The van der Waals surface area contributed by atoms with Gasteiger partial charge in [-0.3, -0.25) is 9.59 Å². The van der Waals surface area contributed by atoms with E-state index in [9.17, 15) is 9.59 Å². The second-order valence-corrected chi connectivity index (χ2v) is 8.64. The van der Waals surface area contributed by atoms with E-state index in [0.717, 1.165) is 25.3 Å². The van der Waals surface area contributed by atoms with Gasteiger partial charge in [-0.05, 0) is 67.1 Å². The average Bonchev–Trinajstić information content (AvgIpc) is 3.04. The number of hydrogen-bond acceptors (Lipinski definition) is 5. The zero-order valence-electron chi connectivity index (χ0n) is 18.7. The lowest BCUT2D eigenvalue weighted by atomic mass is 9.91. The third-order valence-electron chi connectivity index (χ3n) is 5.95. The SMILES string of the molecule is CCOc1ccc(C2=C(N3CC(C)CC(C)C3)C(=O)N(c3ccc(C#N)cc3)C2=O)cc1. The van der Waals surface area contributed by atoms with Crippen molar-refractivity contribution in [1.29, 1.82) is 5.26 Å². The molecule has 2 amide bonds. The predicted octanol–water partition coefficient (Wildman–Crippen LogP) is 4.22. The Labute approximate surface area is 188 Å². The Morgan fingerprint density at radius 2 is 1.59 bits per heavy atom. The molecule has 2 aromatic rings. The Hall–Kier alpha value is -3.59. The summed E-state index contributed by atoms with van der Waals surface area (Å²) in [6.07, 6.45) is 1.10. The summed E-state index contributed by atoms with van der Waals surface area (Å²) in [5.41, 5.74) is 2.52. The van der Waals surface area contributed by atoms with Crippen LogP contribution in [0, 0.1) is 23.2 Å². The van der Waals surface area contributed by atoms with Gasteiger partial charge in [-0.25, -0.2) is 4.90 Å². The second kappa shape index (κ2) is 8.88. The van der Waals surface area contributed by atoms with Gasteiger partial charge in [0.15, 0.2) is 0 Å². The molecule has 0 aliphatic carbocycles. The van der Waals surface area contributed by atoms with Gasteiger partial charge in [-0.2, -0.15) is 5.26 Å². The van der Waals surface area contributed by atoms with Crippen LogP contribution in [0.1, 0.15) is 38.3 Å². The molecule has 0 radical (unpaired) electrons. The Bertz CT molecular complexity index is 1090. The first-order chi connectivity index (χ1) is 15.4. The van der Waals surface area contributed by atoms with Crippen molar-refractivity contribution >= 4 is 23.1 Å². The van der Waals surface area contributed by atoms with Gasteiger partial charge < -0.3 is 9.64 Å². The molecule has 2 unspecified atom stereocenters. The largest absolute Gasteiger partial charge is 0.494 e. The van der Waals surface area contributed by atoms with Crippen molar-refractivity contribution in [2.24, 2.45) is 11.8 Å². The van der Waals surface area contributed by atoms with E-state index in [4.69, 9.17) is 10.00 Å². The third-order valence-corrected chi connectivity index (χ3v) is 5.95. The molecule has 2 aliphatic heterocycles. The van der Waals surface area contributed by atoms with Crippen molar-refractivity contribution in [1.82, 2.24) is 4.90 Å². The summed E-state index contributed by atoms with van der Waals surface area (Å²) < 4.78 is 5.54. The fourth-order valence-electron chi connectivity index (χ4n) is 4.72. The number of nitrogens with zero attached hydrogens (tertiary/aromatic N) is 3. The van der Waals surface area contributed by atoms with Gasteiger partial charge in [0, 0.05) is 13.1 Å². The number of likely N-dealkylation sites (tertiary alicyclic amines) is 1. The van der Waals surface area contributed by atoms with Gasteiger partial charge in [0.25, 0.3) is 11.8 Å². The van der Waals surface area contributed by atoms with E-state index in [2.05, 4.69) is 24.8 Å². The Morgan fingerprint density at radius 3 is 2.16 bits per heavy atom. The molecular formula is C26H27N3O3. The second-order valence-electron chi connectivity index (χ2n) is 8.64. The lowest BCUT2D eigenvalue weighted by Crippen LogP contribution is -2.42. The number of carbonyl (C=O) groups excluding carboxylic acids is 2. The number of hydrogen-bond donors (Lipinski definition) is 0. The molecule has 0 spiro atoms. The van der Waals surface area contributed by atoms with Crippen molar-refractivity contribution in [3.8, 4) is 11.8 Å². The normalized spacial score (nSPS) is 21.2. The number of piperidine rings is 1. The zero-order valence-corrected chi connectivity index (χ0v) is 18.7. The maximum Gasteiger partial charge on any atom is 0.282 e. The van der Waals surface area contributed by atoms with E-state index in [1.54, 1.807) is 24.3 Å². The Balaban J connectivity index is 1.79. The van der Waals surface area contributed by atoms with Crippen LogP contribution in [0.4, 0.5) is 5.69 Å². The van der Waals surface area contributed by atoms with Crippen molar-refractivity contribution in [2.75, 3.05) is 24.6 Å². The van der Waals surface area contributed by atoms with Gasteiger partial charge in [0.1, 0.15) is 11.4 Å². The molecule has 1 fully saturated rings. The van der Waals surface area contributed by atoms with E-state index < -0.39 is 0 Å². The monoisotopic (exact) mass is 429 g/mol. The van der Waals surface area contributed by atoms with Crippen LogP contribution in [0.5, 0.6) is 5.75 Å². The highest BCUT2D eigenvalue weighted by Crippen LogP contribution is 2.37. The first-order valence-corrected chi connectivity index (χ1v) is 11.0. The topological polar surface area (TPSA) is 73.6 Å². The van der Waals surface area contributed by atoms with Crippen molar-refractivity contribution < 1.29 is 14.3 Å². The van der Waals surface area contributed by atoms with E-state index in [1.165, 1.54) is 4.90 Å². The van der Waals surface area contributed by atoms with Crippen molar-refractivity contribution in [3.63, 3.8) is 0 Å². The van der Waals surface area contributed by atoms with E-state index in [0.29, 0.717) is 46.5 Å². The molecule has 32 heavy (non-hydrogen) atoms. The highest BCUT2D eigenvalue weighted by Gasteiger charge is 2.43. The molecule has 6 nitrogen and oxygen atoms in total. The van der Waals surface area contributed by atoms with Gasteiger partial charge in [0.2, 0.25) is 0 Å². The minimum absolute atomic E-state index is 0.315. The molecule has 0 saturated carbocycles. The van der Waals surface area contributed by atoms with Gasteiger partial charge in [-0.1, -0.05) is 26.0 Å². The number of imide groups is 1. The fraction of sp³-hybridized carbons (Fsp3) is 0.346. The number of rotatable bonds is 5. The summed E-state index contributed by atoms with van der Waals surface area (Å²) in [7, 11) is 0. The van der Waals surface area contributed by atoms with Crippen molar-refractivity contribution in [3.05, 3.63) is 65.4 Å². The van der Waals surface area contributed by atoms with Crippen LogP contribution in [0.15, 0.2) is 54.2 Å². The van der Waals surface area contributed by atoms with E-state index >= 15 is 0 Å². The summed E-state index contributed by atoms with van der Waals surface area (Å²) in [6, 6.07) is 15.9. The summed E-state index contributed by atoms with van der Waals surface area (Å²) in [5, 5.41) is 9.09. The maximum atomic E-state index is 13.7. The molecule has 0 bridgehead atoms. The number of anilines is 1. The molecule has 164 valence electrons. The van der Waals surface area contributed by atoms with Crippen LogP contribution in [0.25, 0.3) is 5.57 Å². The first kappa shape index (κ1) is 21.6. The fourth-order valence-corrected chi connectivity index (χ4v) is 4.72. The molecule has 6 heteroatoms. The number of carbonyl (C=O) groups is 2. The number of amides is 2. The molecule has 1 saturated heterocycles. The van der Waals surface area contributed by atoms with Crippen LogP contribution < -0.4 is 9.64 Å². The maximum absolute atomic E-state index is 13.7. The molecule has 4 rings (SSSR count). The smallest absolute Gasteiger partial charge is 0.282 e. The highest BCUT2D eigenvalue weighted by molar-refractivity contribution is 6.45. The molecular weight excluding hydrogens is 402 g/mol. The van der Waals surface area contributed by atoms with Gasteiger partial charge in [0.05, 0.1) is 29.5 Å². The minimum Gasteiger partial charge on any atom is -0.494 e. The van der Waals surface area contributed by atoms with Crippen LogP contribution in [0.2, 0.25) is 0 Å². The minimum atomic E-state index is -0.343. The lowest BCUT2D eigenvalue weighted by molar-refractivity contribution is -0.120. The quantitative estimate of drug-likeness (QED) is 0.666. The van der Waals surface area contributed by atoms with Gasteiger partial charge in [-0.15, -0.1) is 0 Å². The average molecular weight is 430 g/mol. The standard InChI is InChI=1S/C26H27N3O3/c1-4-32-22-11-7-20(8-12-22)23-24(28-15-17(2)13-18(3)16-28)26(31)29(25(23)30)21-9-5-19(14-27)6-10-21/h5-12,17-18H,4,13,15-16H2,1-3H3. The number of nitriles is 1. The van der Waals surface area contributed by atoms with Crippen LogP contribution in [-0.4, -0.2) is 36.4 Å². The first-order valence-electron chi connectivity index (χ1n) is 11.0. The molecule has 0 aromatic heterocycles. The lowest BCUT2D eigenvalue weighted by Gasteiger charge is -2.37.